The molecule has 0 aliphatic heterocycles. The molecule has 20 heavy (non-hydrogen) atoms. The van der Waals surface area contributed by atoms with Crippen LogP contribution in [0, 0.1) is 6.92 Å². The summed E-state index contributed by atoms with van der Waals surface area (Å²) in [6, 6.07) is 0. The summed E-state index contributed by atoms with van der Waals surface area (Å²) in [5.74, 6) is -1.08. The van der Waals surface area contributed by atoms with E-state index in [9.17, 15) is 18.0 Å². The van der Waals surface area contributed by atoms with Gasteiger partial charge in [0.05, 0.1) is 16.8 Å². The van der Waals surface area contributed by atoms with Gasteiger partial charge in [-0.25, -0.2) is 14.3 Å². The molecule has 0 N–H and O–H groups in total. The van der Waals surface area contributed by atoms with Crippen LogP contribution in [-0.2, 0) is 10.9 Å². The van der Waals surface area contributed by atoms with Crippen LogP contribution in [0.25, 0.3) is 5.65 Å². The van der Waals surface area contributed by atoms with Crippen molar-refractivity contribution in [2.24, 2.45) is 0 Å². The van der Waals surface area contributed by atoms with E-state index in [1.807, 2.05) is 0 Å². The van der Waals surface area contributed by atoms with Crippen LogP contribution >= 0.6 is 15.9 Å². The first-order valence-corrected chi connectivity index (χ1v) is 6.34. The van der Waals surface area contributed by atoms with E-state index < -0.39 is 23.4 Å². The van der Waals surface area contributed by atoms with Gasteiger partial charge in [-0.2, -0.15) is 18.3 Å². The van der Waals surface area contributed by atoms with Gasteiger partial charge in [0.25, 0.3) is 0 Å². The molecule has 2 rings (SSSR count). The van der Waals surface area contributed by atoms with Crippen LogP contribution in [0.2, 0.25) is 0 Å². The maximum absolute atomic E-state index is 13.2. The molecule has 9 heteroatoms. The number of alkyl halides is 3. The van der Waals surface area contributed by atoms with Gasteiger partial charge in [-0.3, -0.25) is 0 Å². The number of halogens is 4. The molecular weight excluding hydrogens is 343 g/mol. The Kier molecular flexibility index (Phi) is 3.72. The molecular formula is C11H9BrF3N3O2. The molecule has 5 nitrogen and oxygen atoms in total. The van der Waals surface area contributed by atoms with Gasteiger partial charge in [0, 0.05) is 6.20 Å². The molecule has 0 atom stereocenters. The molecule has 0 saturated carbocycles. The third kappa shape index (κ3) is 2.37. The first kappa shape index (κ1) is 14.8. The van der Waals surface area contributed by atoms with Crippen molar-refractivity contribution < 1.29 is 22.7 Å². The second-order valence-corrected chi connectivity index (χ2v) is 4.67. The van der Waals surface area contributed by atoms with Crippen molar-refractivity contribution in [2.45, 2.75) is 20.0 Å². The summed E-state index contributed by atoms with van der Waals surface area (Å²) in [6.07, 6.45) is -3.91. The van der Waals surface area contributed by atoms with Crippen LogP contribution in [0.4, 0.5) is 13.2 Å². The number of hydrogen-bond donors (Lipinski definition) is 0. The molecule has 2 aromatic rings. The molecule has 0 amide bonds. The fourth-order valence-corrected chi connectivity index (χ4v) is 2.04. The molecule has 0 aliphatic carbocycles. The number of esters is 1. The maximum atomic E-state index is 13.2. The number of ether oxygens (including phenoxy) is 1. The molecule has 0 saturated heterocycles. The highest BCUT2D eigenvalue weighted by Gasteiger charge is 2.40. The van der Waals surface area contributed by atoms with Crippen molar-refractivity contribution >= 4 is 27.5 Å². The summed E-state index contributed by atoms with van der Waals surface area (Å²) < 4.78 is 45.2. The van der Waals surface area contributed by atoms with E-state index in [0.717, 1.165) is 6.20 Å². The Bertz CT molecular complexity index is 682. The van der Waals surface area contributed by atoms with Crippen LogP contribution in [0.1, 0.15) is 28.7 Å². The second kappa shape index (κ2) is 5.04. The lowest BCUT2D eigenvalue weighted by Gasteiger charge is -2.12. The lowest BCUT2D eigenvalue weighted by Crippen LogP contribution is -2.21. The topological polar surface area (TPSA) is 56.5 Å². The first-order valence-electron chi connectivity index (χ1n) is 5.55. The molecule has 0 bridgehead atoms. The molecule has 0 aromatic carbocycles. The predicted molar refractivity (Wildman–Crippen MR) is 66.4 cm³/mol. The van der Waals surface area contributed by atoms with Crippen LogP contribution in [0.3, 0.4) is 0 Å². The molecule has 2 heterocycles. The molecule has 0 unspecified atom stereocenters. The largest absolute Gasteiger partial charge is 0.462 e. The zero-order valence-corrected chi connectivity index (χ0v) is 12.0. The van der Waals surface area contributed by atoms with Crippen LogP contribution in [-0.4, -0.2) is 27.2 Å². The van der Waals surface area contributed by atoms with Crippen molar-refractivity contribution in [3.8, 4) is 0 Å². The van der Waals surface area contributed by atoms with E-state index in [-0.39, 0.29) is 12.3 Å². The quantitative estimate of drug-likeness (QED) is 0.780. The number of aromatic nitrogens is 3. The third-order valence-electron chi connectivity index (χ3n) is 2.51. The highest BCUT2D eigenvalue weighted by atomic mass is 79.9. The highest BCUT2D eigenvalue weighted by molar-refractivity contribution is 9.10. The third-order valence-corrected chi connectivity index (χ3v) is 3.44. The summed E-state index contributed by atoms with van der Waals surface area (Å²) in [7, 11) is 0. The Morgan fingerprint density at radius 1 is 1.50 bits per heavy atom. The Morgan fingerprint density at radius 2 is 2.15 bits per heavy atom. The summed E-state index contributed by atoms with van der Waals surface area (Å²) in [6.45, 7) is 3.00. The van der Waals surface area contributed by atoms with E-state index in [0.29, 0.717) is 14.7 Å². The number of hydrogen-bond acceptors (Lipinski definition) is 4. The number of fused-ring (bicyclic) bond motifs is 1. The van der Waals surface area contributed by atoms with Gasteiger partial charge in [-0.05, 0) is 29.8 Å². The predicted octanol–water partition coefficient (Wildman–Crippen LogP) is 3.00. The minimum Gasteiger partial charge on any atom is -0.462 e. The van der Waals surface area contributed by atoms with E-state index in [1.54, 1.807) is 0 Å². The molecule has 0 radical (unpaired) electrons. The Balaban J connectivity index is 2.80. The van der Waals surface area contributed by atoms with Gasteiger partial charge in [0.1, 0.15) is 5.56 Å². The van der Waals surface area contributed by atoms with Crippen LogP contribution < -0.4 is 0 Å². The second-order valence-electron chi connectivity index (χ2n) is 3.87. The molecule has 0 spiro atoms. The van der Waals surface area contributed by atoms with E-state index in [4.69, 9.17) is 0 Å². The normalized spacial score (nSPS) is 11.9. The summed E-state index contributed by atoms with van der Waals surface area (Å²) in [5, 5.41) is 3.76. The highest BCUT2D eigenvalue weighted by Crippen LogP contribution is 2.34. The minimum absolute atomic E-state index is 0.0112. The van der Waals surface area contributed by atoms with Gasteiger partial charge in [0.15, 0.2) is 11.3 Å². The maximum Gasteiger partial charge on any atom is 0.434 e. The number of aryl methyl sites for hydroxylation is 1. The fourth-order valence-electron chi connectivity index (χ4n) is 1.70. The Labute approximate surface area is 119 Å². The zero-order chi connectivity index (χ0) is 15.1. The standard InChI is InChI=1S/C11H9BrF3N3O2/c1-3-20-10(19)6-4-16-9-7(12)5(2)17-18(9)8(6)11(13,14)15/h4H,3H2,1-2H3. The minimum atomic E-state index is -4.76. The molecule has 108 valence electrons. The summed E-state index contributed by atoms with van der Waals surface area (Å²) in [5.41, 5.74) is -1.54. The lowest BCUT2D eigenvalue weighted by atomic mass is 10.2. The number of nitrogens with zero attached hydrogens (tertiary/aromatic N) is 3. The number of carbonyl (C=O) groups excluding carboxylic acids is 1. The van der Waals surface area contributed by atoms with Crippen molar-refractivity contribution in [3.05, 3.63) is 27.6 Å². The van der Waals surface area contributed by atoms with Crippen LogP contribution in [0.15, 0.2) is 10.7 Å². The van der Waals surface area contributed by atoms with Gasteiger partial charge < -0.3 is 4.74 Å². The monoisotopic (exact) mass is 351 g/mol. The van der Waals surface area contributed by atoms with Crippen molar-refractivity contribution in [3.63, 3.8) is 0 Å². The smallest absolute Gasteiger partial charge is 0.434 e. The van der Waals surface area contributed by atoms with E-state index in [1.165, 1.54) is 13.8 Å². The van der Waals surface area contributed by atoms with Gasteiger partial charge >= 0.3 is 12.1 Å². The molecule has 2 aromatic heterocycles. The van der Waals surface area contributed by atoms with Crippen LogP contribution in [0.5, 0.6) is 0 Å². The van der Waals surface area contributed by atoms with Crippen molar-refractivity contribution in [1.29, 1.82) is 0 Å². The zero-order valence-electron chi connectivity index (χ0n) is 10.5. The Morgan fingerprint density at radius 3 is 2.70 bits per heavy atom. The summed E-state index contributed by atoms with van der Waals surface area (Å²) >= 11 is 3.11. The average Bonchev–Trinajstić information content (AvgIpc) is 2.63. The summed E-state index contributed by atoms with van der Waals surface area (Å²) in [4.78, 5) is 15.5. The first-order chi connectivity index (χ1) is 9.27. The fraction of sp³-hybridized carbons (Fsp3) is 0.364. The van der Waals surface area contributed by atoms with Gasteiger partial charge in [-0.15, -0.1) is 0 Å². The van der Waals surface area contributed by atoms with Gasteiger partial charge in [-0.1, -0.05) is 0 Å². The van der Waals surface area contributed by atoms with E-state index in [2.05, 4.69) is 30.7 Å². The Hall–Kier alpha value is -1.64. The van der Waals surface area contributed by atoms with E-state index >= 15 is 0 Å². The van der Waals surface area contributed by atoms with Crippen molar-refractivity contribution in [2.75, 3.05) is 6.61 Å². The van der Waals surface area contributed by atoms with Crippen molar-refractivity contribution in [1.82, 2.24) is 14.6 Å². The average molecular weight is 352 g/mol. The molecule has 0 fully saturated rings. The van der Waals surface area contributed by atoms with Gasteiger partial charge in [0.2, 0.25) is 0 Å². The number of rotatable bonds is 2. The lowest BCUT2D eigenvalue weighted by molar-refractivity contribution is -0.143. The SMILES string of the molecule is CCOC(=O)c1cnc2c(Br)c(C)nn2c1C(F)(F)F. The molecule has 0 aliphatic rings. The number of carbonyl (C=O) groups is 1.